The van der Waals surface area contributed by atoms with E-state index in [1.807, 2.05) is 30.5 Å². The summed E-state index contributed by atoms with van der Waals surface area (Å²) in [6.45, 7) is 3.44. The molecule has 2 aromatic rings. The van der Waals surface area contributed by atoms with Crippen LogP contribution in [0.3, 0.4) is 0 Å². The Labute approximate surface area is 120 Å². The minimum atomic E-state index is 0.728. The van der Waals surface area contributed by atoms with Crippen molar-refractivity contribution in [1.29, 1.82) is 0 Å². The second kappa shape index (κ2) is 5.67. The van der Waals surface area contributed by atoms with Crippen molar-refractivity contribution in [3.8, 4) is 0 Å². The molecule has 1 aromatic heterocycles. The molecule has 3 N–H and O–H groups in total. The molecule has 1 aromatic carbocycles. The summed E-state index contributed by atoms with van der Waals surface area (Å²) in [5.41, 5.74) is 8.68. The Hall–Kier alpha value is -1.81. The van der Waals surface area contributed by atoms with Crippen molar-refractivity contribution >= 4 is 22.3 Å². The molecule has 1 saturated heterocycles. The number of hydrogen-bond donors (Lipinski definition) is 2. The largest absolute Gasteiger partial charge is 0.399 e. The lowest BCUT2D eigenvalue weighted by Gasteiger charge is -2.30. The molecule has 0 aliphatic carbocycles. The summed E-state index contributed by atoms with van der Waals surface area (Å²) in [5.74, 6) is 0.728. The number of fused-ring (bicyclic) bond motifs is 1. The van der Waals surface area contributed by atoms with Gasteiger partial charge in [0.05, 0.1) is 5.52 Å². The predicted molar refractivity (Wildman–Crippen MR) is 84.9 cm³/mol. The van der Waals surface area contributed by atoms with E-state index in [0.717, 1.165) is 34.7 Å². The standard InChI is InChI=1S/C16H22N4/c1-20-8-2-3-12(11-20)10-19-15-6-7-18-16-9-13(17)4-5-14(15)16/h4-7,9,12H,2-3,8,10-11,17H2,1H3,(H,18,19). The van der Waals surface area contributed by atoms with Crippen LogP contribution in [0.1, 0.15) is 12.8 Å². The zero-order valence-electron chi connectivity index (χ0n) is 12.0. The molecule has 4 heteroatoms. The second-order valence-corrected chi connectivity index (χ2v) is 5.79. The number of likely N-dealkylation sites (tertiary alicyclic amines) is 1. The highest BCUT2D eigenvalue weighted by molar-refractivity contribution is 5.92. The van der Waals surface area contributed by atoms with Crippen LogP contribution in [0.25, 0.3) is 10.9 Å². The quantitative estimate of drug-likeness (QED) is 0.842. The molecule has 0 amide bonds. The number of rotatable bonds is 3. The molecule has 1 aliphatic heterocycles. The third-order valence-electron chi connectivity index (χ3n) is 4.07. The van der Waals surface area contributed by atoms with Gasteiger partial charge in [-0.1, -0.05) is 0 Å². The molecule has 0 radical (unpaired) electrons. The van der Waals surface area contributed by atoms with Crippen molar-refractivity contribution in [3.63, 3.8) is 0 Å². The van der Waals surface area contributed by atoms with Crippen molar-refractivity contribution in [2.75, 3.05) is 37.7 Å². The van der Waals surface area contributed by atoms with E-state index in [4.69, 9.17) is 5.73 Å². The number of hydrogen-bond acceptors (Lipinski definition) is 4. The van der Waals surface area contributed by atoms with Gasteiger partial charge in [0, 0.05) is 36.0 Å². The Balaban J connectivity index is 1.74. The summed E-state index contributed by atoms with van der Waals surface area (Å²) in [5, 5.41) is 4.73. The topological polar surface area (TPSA) is 54.2 Å². The van der Waals surface area contributed by atoms with Gasteiger partial charge in [-0.15, -0.1) is 0 Å². The van der Waals surface area contributed by atoms with Crippen LogP contribution in [-0.4, -0.2) is 36.6 Å². The third-order valence-corrected chi connectivity index (χ3v) is 4.07. The lowest BCUT2D eigenvalue weighted by Crippen LogP contribution is -2.35. The Morgan fingerprint density at radius 2 is 2.30 bits per heavy atom. The number of nitrogen functional groups attached to an aromatic ring is 1. The van der Waals surface area contributed by atoms with Gasteiger partial charge in [0.25, 0.3) is 0 Å². The molecule has 0 saturated carbocycles. The number of nitrogens with two attached hydrogens (primary N) is 1. The normalized spacial score (nSPS) is 20.1. The van der Waals surface area contributed by atoms with E-state index in [9.17, 15) is 0 Å². The lowest BCUT2D eigenvalue weighted by molar-refractivity contribution is 0.217. The summed E-state index contributed by atoms with van der Waals surface area (Å²) in [6.07, 6.45) is 4.46. The summed E-state index contributed by atoms with van der Waals surface area (Å²) in [6, 6.07) is 7.95. The number of aromatic nitrogens is 1. The Morgan fingerprint density at radius 3 is 3.15 bits per heavy atom. The van der Waals surface area contributed by atoms with Gasteiger partial charge in [0.1, 0.15) is 0 Å². The van der Waals surface area contributed by atoms with Crippen molar-refractivity contribution in [2.45, 2.75) is 12.8 Å². The smallest absolute Gasteiger partial charge is 0.0743 e. The van der Waals surface area contributed by atoms with Crippen molar-refractivity contribution < 1.29 is 0 Å². The monoisotopic (exact) mass is 270 g/mol. The maximum absolute atomic E-state index is 5.81. The fourth-order valence-corrected chi connectivity index (χ4v) is 3.01. The number of nitrogens with zero attached hydrogens (tertiary/aromatic N) is 2. The molecule has 106 valence electrons. The number of benzene rings is 1. The van der Waals surface area contributed by atoms with Crippen LogP contribution in [-0.2, 0) is 0 Å². The zero-order chi connectivity index (χ0) is 13.9. The first kappa shape index (κ1) is 13.2. The summed E-state index contributed by atoms with van der Waals surface area (Å²) < 4.78 is 0. The molecule has 1 atom stereocenters. The average molecular weight is 270 g/mol. The first-order valence-electron chi connectivity index (χ1n) is 7.29. The van der Waals surface area contributed by atoms with Crippen LogP contribution < -0.4 is 11.1 Å². The molecule has 1 aliphatic rings. The van der Waals surface area contributed by atoms with Crippen molar-refractivity contribution in [1.82, 2.24) is 9.88 Å². The van der Waals surface area contributed by atoms with Gasteiger partial charge < -0.3 is 16.0 Å². The van der Waals surface area contributed by atoms with E-state index in [1.165, 1.54) is 25.9 Å². The van der Waals surface area contributed by atoms with Crippen LogP contribution in [0.4, 0.5) is 11.4 Å². The van der Waals surface area contributed by atoms with Crippen LogP contribution in [0.5, 0.6) is 0 Å². The van der Waals surface area contributed by atoms with Gasteiger partial charge >= 0.3 is 0 Å². The van der Waals surface area contributed by atoms with Crippen molar-refractivity contribution in [2.24, 2.45) is 5.92 Å². The predicted octanol–water partition coefficient (Wildman–Crippen LogP) is 2.57. The molecule has 0 spiro atoms. The highest BCUT2D eigenvalue weighted by Crippen LogP contribution is 2.24. The maximum Gasteiger partial charge on any atom is 0.0743 e. The lowest BCUT2D eigenvalue weighted by atomic mass is 9.98. The molecule has 20 heavy (non-hydrogen) atoms. The number of pyridine rings is 1. The van der Waals surface area contributed by atoms with Crippen LogP contribution in [0.2, 0.25) is 0 Å². The van der Waals surface area contributed by atoms with E-state index in [1.54, 1.807) is 0 Å². The van der Waals surface area contributed by atoms with E-state index < -0.39 is 0 Å². The maximum atomic E-state index is 5.81. The van der Waals surface area contributed by atoms with Crippen LogP contribution in [0, 0.1) is 5.92 Å². The number of piperidine rings is 1. The van der Waals surface area contributed by atoms with Gasteiger partial charge in [0.15, 0.2) is 0 Å². The minimum Gasteiger partial charge on any atom is -0.399 e. The van der Waals surface area contributed by atoms with Gasteiger partial charge in [-0.25, -0.2) is 0 Å². The Morgan fingerprint density at radius 1 is 1.40 bits per heavy atom. The van der Waals surface area contributed by atoms with Crippen LogP contribution in [0.15, 0.2) is 30.5 Å². The molecule has 1 unspecified atom stereocenters. The molecule has 4 nitrogen and oxygen atoms in total. The average Bonchev–Trinajstić information content (AvgIpc) is 2.44. The van der Waals surface area contributed by atoms with E-state index >= 15 is 0 Å². The number of anilines is 2. The van der Waals surface area contributed by atoms with E-state index in [0.29, 0.717) is 0 Å². The first-order chi connectivity index (χ1) is 9.72. The second-order valence-electron chi connectivity index (χ2n) is 5.79. The molecule has 0 bridgehead atoms. The molecule has 1 fully saturated rings. The number of nitrogens with one attached hydrogen (secondary N) is 1. The third kappa shape index (κ3) is 2.85. The van der Waals surface area contributed by atoms with Gasteiger partial charge in [0.2, 0.25) is 0 Å². The van der Waals surface area contributed by atoms with Gasteiger partial charge in [-0.05, 0) is 56.6 Å². The van der Waals surface area contributed by atoms with Gasteiger partial charge in [-0.3, -0.25) is 4.98 Å². The summed E-state index contributed by atoms with van der Waals surface area (Å²) in [4.78, 5) is 6.80. The van der Waals surface area contributed by atoms with Gasteiger partial charge in [-0.2, -0.15) is 0 Å². The summed E-state index contributed by atoms with van der Waals surface area (Å²) >= 11 is 0. The highest BCUT2D eigenvalue weighted by Gasteiger charge is 2.16. The zero-order valence-corrected chi connectivity index (χ0v) is 12.0. The first-order valence-corrected chi connectivity index (χ1v) is 7.29. The van der Waals surface area contributed by atoms with E-state index in [-0.39, 0.29) is 0 Å². The highest BCUT2D eigenvalue weighted by atomic mass is 15.1. The Bertz CT molecular complexity index is 596. The van der Waals surface area contributed by atoms with E-state index in [2.05, 4.69) is 22.2 Å². The van der Waals surface area contributed by atoms with Crippen molar-refractivity contribution in [3.05, 3.63) is 30.5 Å². The van der Waals surface area contributed by atoms with Crippen LogP contribution >= 0.6 is 0 Å². The molecule has 2 heterocycles. The Kier molecular flexibility index (Phi) is 3.74. The molecular formula is C16H22N4. The molecular weight excluding hydrogens is 248 g/mol. The summed E-state index contributed by atoms with van der Waals surface area (Å²) in [7, 11) is 2.21. The fourth-order valence-electron chi connectivity index (χ4n) is 3.01. The fraction of sp³-hybridized carbons (Fsp3) is 0.438. The molecule has 3 rings (SSSR count). The SMILES string of the molecule is CN1CCCC(CNc2ccnc3cc(N)ccc23)C1. The minimum absolute atomic E-state index is 0.728.